The molecule has 1 saturated heterocycles. The summed E-state index contributed by atoms with van der Waals surface area (Å²) in [5, 5.41) is 0.421. The number of rotatable bonds is 2. The second-order valence-electron chi connectivity index (χ2n) is 5.35. The van der Waals surface area contributed by atoms with Crippen LogP contribution in [0.25, 0.3) is 0 Å². The van der Waals surface area contributed by atoms with Crippen LogP contribution in [-0.2, 0) is 0 Å². The lowest BCUT2D eigenvalue weighted by Gasteiger charge is -2.36. The van der Waals surface area contributed by atoms with Gasteiger partial charge in [0.2, 0.25) is 0 Å². The van der Waals surface area contributed by atoms with Crippen LogP contribution in [0.15, 0.2) is 42.5 Å². The molecule has 2 aromatic carbocycles. The summed E-state index contributed by atoms with van der Waals surface area (Å²) in [7, 11) is 0. The van der Waals surface area contributed by atoms with Gasteiger partial charge in [0, 0.05) is 32.2 Å². The number of carbonyl (C=O) groups excluding carboxylic acids is 1. The standard InChI is InChI=1S/C17H15ClF2N2O/c18-14-4-2-1-3-13(14)17(23)22-9-7-21(8-10-22)16-6-5-12(19)11-15(16)20/h1-6,11H,7-10H2. The molecule has 1 fully saturated rings. The fourth-order valence-corrected chi connectivity index (χ4v) is 2.91. The number of benzene rings is 2. The fourth-order valence-electron chi connectivity index (χ4n) is 2.69. The third kappa shape index (κ3) is 3.29. The highest BCUT2D eigenvalue weighted by Gasteiger charge is 2.24. The first-order chi connectivity index (χ1) is 11.1. The molecule has 1 aliphatic rings. The van der Waals surface area contributed by atoms with Crippen molar-refractivity contribution in [2.75, 3.05) is 31.1 Å². The average Bonchev–Trinajstić information content (AvgIpc) is 2.55. The molecule has 0 aromatic heterocycles. The zero-order chi connectivity index (χ0) is 16.4. The fraction of sp³-hybridized carbons (Fsp3) is 0.235. The predicted octanol–water partition coefficient (Wildman–Crippen LogP) is 3.58. The number of hydrogen-bond donors (Lipinski definition) is 0. The molecule has 0 bridgehead atoms. The first-order valence-electron chi connectivity index (χ1n) is 7.30. The van der Waals surface area contributed by atoms with Crippen LogP contribution in [0.4, 0.5) is 14.5 Å². The van der Waals surface area contributed by atoms with E-state index in [1.54, 1.807) is 29.2 Å². The van der Waals surface area contributed by atoms with Crippen molar-refractivity contribution in [3.63, 3.8) is 0 Å². The van der Waals surface area contributed by atoms with Gasteiger partial charge in [0.25, 0.3) is 5.91 Å². The Balaban J connectivity index is 1.69. The normalized spacial score (nSPS) is 14.9. The van der Waals surface area contributed by atoms with Crippen LogP contribution in [0, 0.1) is 11.6 Å². The van der Waals surface area contributed by atoms with E-state index in [1.165, 1.54) is 12.1 Å². The third-order valence-electron chi connectivity index (χ3n) is 3.92. The number of anilines is 1. The number of carbonyl (C=O) groups is 1. The number of amides is 1. The topological polar surface area (TPSA) is 23.6 Å². The summed E-state index contributed by atoms with van der Waals surface area (Å²) in [5.41, 5.74) is 0.826. The first kappa shape index (κ1) is 15.7. The van der Waals surface area contributed by atoms with E-state index in [0.29, 0.717) is 42.5 Å². The van der Waals surface area contributed by atoms with Crippen LogP contribution in [0.3, 0.4) is 0 Å². The molecule has 3 nitrogen and oxygen atoms in total. The van der Waals surface area contributed by atoms with E-state index in [0.717, 1.165) is 6.07 Å². The third-order valence-corrected chi connectivity index (χ3v) is 4.25. The lowest BCUT2D eigenvalue weighted by atomic mass is 10.1. The maximum absolute atomic E-state index is 13.8. The Hall–Kier alpha value is -2.14. The monoisotopic (exact) mass is 336 g/mol. The highest BCUT2D eigenvalue weighted by molar-refractivity contribution is 6.33. The molecule has 1 aliphatic heterocycles. The minimum absolute atomic E-state index is 0.130. The van der Waals surface area contributed by atoms with Crippen LogP contribution in [0.1, 0.15) is 10.4 Å². The second kappa shape index (κ2) is 6.54. The minimum atomic E-state index is -0.598. The van der Waals surface area contributed by atoms with E-state index < -0.39 is 11.6 Å². The van der Waals surface area contributed by atoms with Gasteiger partial charge in [-0.15, -0.1) is 0 Å². The summed E-state index contributed by atoms with van der Waals surface area (Å²) in [5.74, 6) is -1.32. The summed E-state index contributed by atoms with van der Waals surface area (Å²) in [6, 6.07) is 10.4. The van der Waals surface area contributed by atoms with Gasteiger partial charge >= 0.3 is 0 Å². The van der Waals surface area contributed by atoms with E-state index in [-0.39, 0.29) is 5.91 Å². The molecule has 3 rings (SSSR count). The lowest BCUT2D eigenvalue weighted by Crippen LogP contribution is -2.49. The molecule has 6 heteroatoms. The summed E-state index contributed by atoms with van der Waals surface area (Å²) < 4.78 is 26.8. The molecule has 0 saturated carbocycles. The van der Waals surface area contributed by atoms with Crippen molar-refractivity contribution >= 4 is 23.2 Å². The summed E-state index contributed by atoms with van der Waals surface area (Å²) in [6.45, 7) is 1.89. The molecule has 1 amide bonds. The van der Waals surface area contributed by atoms with E-state index in [9.17, 15) is 13.6 Å². The number of nitrogens with zero attached hydrogens (tertiary/aromatic N) is 2. The summed E-state index contributed by atoms with van der Waals surface area (Å²) in [6.07, 6.45) is 0. The Kier molecular flexibility index (Phi) is 4.48. The predicted molar refractivity (Wildman–Crippen MR) is 85.9 cm³/mol. The van der Waals surface area contributed by atoms with Gasteiger partial charge in [0.05, 0.1) is 16.3 Å². The van der Waals surface area contributed by atoms with Crippen LogP contribution < -0.4 is 4.90 Å². The lowest BCUT2D eigenvalue weighted by molar-refractivity contribution is 0.0747. The molecular weight excluding hydrogens is 322 g/mol. The maximum atomic E-state index is 13.8. The van der Waals surface area contributed by atoms with Gasteiger partial charge in [0.1, 0.15) is 11.6 Å². The SMILES string of the molecule is O=C(c1ccccc1Cl)N1CCN(c2ccc(F)cc2F)CC1. The van der Waals surface area contributed by atoms with Crippen molar-refractivity contribution in [2.24, 2.45) is 0 Å². The largest absolute Gasteiger partial charge is 0.366 e. The van der Waals surface area contributed by atoms with Gasteiger partial charge < -0.3 is 9.80 Å². The van der Waals surface area contributed by atoms with Crippen LogP contribution in [0.5, 0.6) is 0 Å². The molecule has 0 unspecified atom stereocenters. The number of halogens is 3. The van der Waals surface area contributed by atoms with Crippen molar-refractivity contribution in [3.05, 3.63) is 64.7 Å². The van der Waals surface area contributed by atoms with Crippen LogP contribution in [0.2, 0.25) is 5.02 Å². The first-order valence-corrected chi connectivity index (χ1v) is 7.68. The van der Waals surface area contributed by atoms with Gasteiger partial charge in [-0.2, -0.15) is 0 Å². The van der Waals surface area contributed by atoms with Crippen LogP contribution in [-0.4, -0.2) is 37.0 Å². The van der Waals surface area contributed by atoms with Crippen molar-refractivity contribution < 1.29 is 13.6 Å². The van der Waals surface area contributed by atoms with E-state index in [2.05, 4.69) is 0 Å². The van der Waals surface area contributed by atoms with Crippen molar-refractivity contribution in [3.8, 4) is 0 Å². The van der Waals surface area contributed by atoms with E-state index in [4.69, 9.17) is 11.6 Å². The Morgan fingerprint density at radius 3 is 2.35 bits per heavy atom. The average molecular weight is 337 g/mol. The summed E-state index contributed by atoms with van der Waals surface area (Å²) in [4.78, 5) is 16.0. The van der Waals surface area contributed by atoms with Gasteiger partial charge in [-0.05, 0) is 24.3 Å². The Labute approximate surface area is 138 Å². The molecule has 0 atom stereocenters. The van der Waals surface area contributed by atoms with Crippen LogP contribution >= 0.6 is 11.6 Å². The molecule has 0 N–H and O–H groups in total. The molecule has 2 aromatic rings. The zero-order valence-corrected chi connectivity index (χ0v) is 13.1. The minimum Gasteiger partial charge on any atom is -0.366 e. The van der Waals surface area contributed by atoms with Gasteiger partial charge in [-0.3, -0.25) is 4.79 Å². The van der Waals surface area contributed by atoms with E-state index >= 15 is 0 Å². The number of piperazine rings is 1. The zero-order valence-electron chi connectivity index (χ0n) is 12.3. The van der Waals surface area contributed by atoms with Crippen molar-refractivity contribution in [1.29, 1.82) is 0 Å². The number of hydrogen-bond acceptors (Lipinski definition) is 2. The summed E-state index contributed by atoms with van der Waals surface area (Å²) >= 11 is 6.06. The quantitative estimate of drug-likeness (QED) is 0.837. The van der Waals surface area contributed by atoms with Crippen molar-refractivity contribution in [2.45, 2.75) is 0 Å². The van der Waals surface area contributed by atoms with Crippen molar-refractivity contribution in [1.82, 2.24) is 4.90 Å². The van der Waals surface area contributed by atoms with Gasteiger partial charge in [0.15, 0.2) is 0 Å². The maximum Gasteiger partial charge on any atom is 0.255 e. The Bertz CT molecular complexity index is 730. The molecular formula is C17H15ClF2N2O. The van der Waals surface area contributed by atoms with Gasteiger partial charge in [-0.25, -0.2) is 8.78 Å². The molecule has 0 aliphatic carbocycles. The molecule has 0 radical (unpaired) electrons. The molecule has 1 heterocycles. The Morgan fingerprint density at radius 2 is 1.70 bits per heavy atom. The highest BCUT2D eigenvalue weighted by Crippen LogP contribution is 2.23. The highest BCUT2D eigenvalue weighted by atomic mass is 35.5. The smallest absolute Gasteiger partial charge is 0.255 e. The molecule has 120 valence electrons. The van der Waals surface area contributed by atoms with E-state index in [1.807, 2.05) is 4.90 Å². The molecule has 23 heavy (non-hydrogen) atoms. The second-order valence-corrected chi connectivity index (χ2v) is 5.76. The molecule has 0 spiro atoms. The van der Waals surface area contributed by atoms with Gasteiger partial charge in [-0.1, -0.05) is 23.7 Å². The Morgan fingerprint density at radius 1 is 1.00 bits per heavy atom.